The van der Waals surface area contributed by atoms with Gasteiger partial charge in [-0.05, 0) is 42.2 Å². The lowest BCUT2D eigenvalue weighted by Gasteiger charge is -2.36. The largest absolute Gasteiger partial charge is 0.500 e. The molecule has 0 fully saturated rings. The van der Waals surface area contributed by atoms with Crippen molar-refractivity contribution in [2.24, 2.45) is 11.3 Å². The van der Waals surface area contributed by atoms with Crippen molar-refractivity contribution in [3.8, 4) is 11.5 Å². The lowest BCUT2D eigenvalue weighted by molar-refractivity contribution is -0.386. The number of anilines is 1. The van der Waals surface area contributed by atoms with E-state index in [-0.39, 0.29) is 17.1 Å². The number of carbonyl (C=O) groups is 1. The highest BCUT2D eigenvalue weighted by atomic mass is 32.1. The van der Waals surface area contributed by atoms with Crippen LogP contribution >= 0.6 is 11.3 Å². The van der Waals surface area contributed by atoms with Gasteiger partial charge in [0.2, 0.25) is 5.75 Å². The molecule has 0 unspecified atom stereocenters. The van der Waals surface area contributed by atoms with Crippen LogP contribution in [-0.2, 0) is 12.8 Å². The smallest absolute Gasteiger partial charge is 0.315 e. The van der Waals surface area contributed by atoms with Crippen LogP contribution in [0.5, 0.6) is 11.5 Å². The molecule has 3 N–H and O–H groups in total. The third-order valence-corrected chi connectivity index (χ3v) is 8.07. The number of amides is 1. The van der Waals surface area contributed by atoms with E-state index in [2.05, 4.69) is 31.4 Å². The highest BCUT2D eigenvalue weighted by Crippen LogP contribution is 2.47. The van der Waals surface area contributed by atoms with Crippen molar-refractivity contribution in [3.05, 3.63) is 43.8 Å². The normalized spacial score (nSPS) is 20.3. The molecule has 2 aromatic rings. The first-order valence-electron chi connectivity index (χ1n) is 10.4. The fraction of sp³-hybridized carbons (Fsp3) is 0.500. The van der Waals surface area contributed by atoms with Crippen LogP contribution in [0.2, 0.25) is 0 Å². The minimum Gasteiger partial charge on any atom is -0.500 e. The molecular weight excluding hydrogens is 418 g/mol. The average Bonchev–Trinajstić information content (AvgIpc) is 3.11. The predicted octanol–water partition coefficient (Wildman–Crippen LogP) is 4.77. The topological polar surface area (TPSA) is 114 Å². The van der Waals surface area contributed by atoms with Gasteiger partial charge in [-0.2, -0.15) is 0 Å². The van der Waals surface area contributed by atoms with Gasteiger partial charge in [-0.1, -0.05) is 27.2 Å². The van der Waals surface area contributed by atoms with E-state index >= 15 is 0 Å². The van der Waals surface area contributed by atoms with E-state index in [0.29, 0.717) is 17.0 Å². The molecule has 9 heteroatoms. The van der Waals surface area contributed by atoms with E-state index in [9.17, 15) is 20.0 Å². The van der Waals surface area contributed by atoms with E-state index in [1.165, 1.54) is 24.1 Å². The lowest BCUT2D eigenvalue weighted by Crippen LogP contribution is -2.38. The molecule has 1 aliphatic heterocycles. The molecular formula is C22H27N3O5S. The van der Waals surface area contributed by atoms with Gasteiger partial charge >= 0.3 is 5.69 Å². The second-order valence-corrected chi connectivity index (χ2v) is 9.99. The molecule has 0 radical (unpaired) electrons. The Labute approximate surface area is 184 Å². The molecule has 0 bridgehead atoms. The number of ether oxygens (including phenoxy) is 1. The van der Waals surface area contributed by atoms with Crippen molar-refractivity contribution in [3.63, 3.8) is 0 Å². The van der Waals surface area contributed by atoms with Crippen LogP contribution in [0.1, 0.15) is 66.1 Å². The summed E-state index contributed by atoms with van der Waals surface area (Å²) in [6.45, 7) is 6.84. The Morgan fingerprint density at radius 2 is 2.10 bits per heavy atom. The molecule has 166 valence electrons. The maximum absolute atomic E-state index is 13.0. The number of phenols is 1. The van der Waals surface area contributed by atoms with E-state index < -0.39 is 22.5 Å². The van der Waals surface area contributed by atoms with Crippen LogP contribution in [0.4, 0.5) is 10.7 Å². The number of nitro benzene ring substituents is 1. The summed E-state index contributed by atoms with van der Waals surface area (Å²) in [7, 11) is 1.33. The zero-order valence-electron chi connectivity index (χ0n) is 18.1. The maximum atomic E-state index is 13.0. The summed E-state index contributed by atoms with van der Waals surface area (Å²) in [5.74, 6) is -0.150. The highest BCUT2D eigenvalue weighted by molar-refractivity contribution is 7.16. The average molecular weight is 446 g/mol. The Morgan fingerprint density at radius 1 is 1.35 bits per heavy atom. The number of methoxy groups -OCH3 is 1. The van der Waals surface area contributed by atoms with E-state index in [4.69, 9.17) is 4.74 Å². The van der Waals surface area contributed by atoms with Gasteiger partial charge in [0.05, 0.1) is 17.6 Å². The zero-order chi connectivity index (χ0) is 22.5. The standard InChI is InChI=1S/C22H27N3O5S/c1-5-22(2,3)12-6-7-13-16(10-12)31-21-17(13)20(27)23-19(24-21)11-8-14(25(28)29)18(26)15(9-11)30-4/h8-9,12,19,24,26H,5-7,10H2,1-4H3,(H,23,27)/t12-,19-/m1/s1. The number of aromatic hydroxyl groups is 1. The molecule has 0 saturated heterocycles. The SMILES string of the molecule is CCC(C)(C)[C@@H]1CCc2c(sc3c2C(=O)N[C@@H](c2cc(OC)c(O)c([N+](=O)[O-])c2)N3)C1. The summed E-state index contributed by atoms with van der Waals surface area (Å²) < 4.78 is 5.09. The molecule has 2 heterocycles. The molecule has 0 saturated carbocycles. The molecule has 8 nitrogen and oxygen atoms in total. The summed E-state index contributed by atoms with van der Waals surface area (Å²) in [6.07, 6.45) is 3.37. The lowest BCUT2D eigenvalue weighted by atomic mass is 9.69. The summed E-state index contributed by atoms with van der Waals surface area (Å²) in [4.78, 5) is 24.9. The Balaban J connectivity index is 1.67. The number of rotatable bonds is 5. The number of phenolic OH excluding ortho intramolecular Hbond substituents is 1. The Kier molecular flexibility index (Phi) is 5.33. The van der Waals surface area contributed by atoms with Crippen LogP contribution < -0.4 is 15.4 Å². The molecule has 1 aromatic heterocycles. The number of carbonyl (C=O) groups excluding carboxylic acids is 1. The van der Waals surface area contributed by atoms with Gasteiger partial charge in [0.15, 0.2) is 5.75 Å². The first-order valence-corrected chi connectivity index (χ1v) is 11.2. The van der Waals surface area contributed by atoms with Crippen molar-refractivity contribution in [1.82, 2.24) is 5.32 Å². The van der Waals surface area contributed by atoms with E-state index in [1.807, 2.05) is 0 Å². The molecule has 2 aliphatic rings. The quantitative estimate of drug-likeness (QED) is 0.451. The Bertz CT molecular complexity index is 1060. The van der Waals surface area contributed by atoms with Crippen LogP contribution in [0.3, 0.4) is 0 Å². The molecule has 1 aliphatic carbocycles. The minimum absolute atomic E-state index is 0.0128. The molecule has 1 amide bonds. The Hall–Kier alpha value is -2.81. The maximum Gasteiger partial charge on any atom is 0.315 e. The van der Waals surface area contributed by atoms with Crippen molar-refractivity contribution >= 4 is 27.9 Å². The summed E-state index contributed by atoms with van der Waals surface area (Å²) in [6, 6.07) is 2.76. The van der Waals surface area contributed by atoms with Gasteiger partial charge in [-0.3, -0.25) is 14.9 Å². The predicted molar refractivity (Wildman–Crippen MR) is 119 cm³/mol. The summed E-state index contributed by atoms with van der Waals surface area (Å²) in [5, 5.41) is 28.4. The molecule has 0 spiro atoms. The monoisotopic (exact) mass is 445 g/mol. The van der Waals surface area contributed by atoms with Crippen molar-refractivity contribution in [2.75, 3.05) is 12.4 Å². The first-order chi connectivity index (χ1) is 14.7. The van der Waals surface area contributed by atoms with Crippen molar-refractivity contribution in [2.45, 2.75) is 52.6 Å². The van der Waals surface area contributed by atoms with Crippen LogP contribution in [-0.4, -0.2) is 23.0 Å². The second kappa shape index (κ2) is 7.71. The minimum atomic E-state index is -0.670. The summed E-state index contributed by atoms with van der Waals surface area (Å²) in [5.41, 5.74) is 2.05. The van der Waals surface area contributed by atoms with Gasteiger partial charge in [-0.15, -0.1) is 11.3 Å². The number of hydrogen-bond donors (Lipinski definition) is 3. The van der Waals surface area contributed by atoms with Gasteiger partial charge in [0.1, 0.15) is 11.2 Å². The number of benzene rings is 1. The van der Waals surface area contributed by atoms with Crippen LogP contribution in [0.15, 0.2) is 12.1 Å². The molecule has 4 rings (SSSR count). The number of nitrogens with zero attached hydrogens (tertiary/aromatic N) is 1. The molecule has 31 heavy (non-hydrogen) atoms. The number of hydrogen-bond acceptors (Lipinski definition) is 7. The van der Waals surface area contributed by atoms with Crippen molar-refractivity contribution < 1.29 is 19.6 Å². The van der Waals surface area contributed by atoms with Gasteiger partial charge in [0, 0.05) is 16.5 Å². The number of fused-ring (bicyclic) bond motifs is 3. The number of nitro groups is 1. The zero-order valence-corrected chi connectivity index (χ0v) is 18.9. The fourth-order valence-corrected chi connectivity index (χ4v) is 5.85. The third kappa shape index (κ3) is 3.60. The number of thiophene rings is 1. The van der Waals surface area contributed by atoms with Crippen LogP contribution in [0, 0.1) is 21.4 Å². The van der Waals surface area contributed by atoms with E-state index in [1.54, 1.807) is 11.3 Å². The number of nitrogens with one attached hydrogen (secondary N) is 2. The summed E-state index contributed by atoms with van der Waals surface area (Å²) >= 11 is 1.61. The highest BCUT2D eigenvalue weighted by Gasteiger charge is 2.38. The van der Waals surface area contributed by atoms with Gasteiger partial charge in [-0.25, -0.2) is 0 Å². The van der Waals surface area contributed by atoms with Crippen molar-refractivity contribution in [1.29, 1.82) is 0 Å². The van der Waals surface area contributed by atoms with Crippen LogP contribution in [0.25, 0.3) is 0 Å². The first kappa shape index (κ1) is 21.4. The fourth-order valence-electron chi connectivity index (χ4n) is 4.50. The molecule has 1 aromatic carbocycles. The van der Waals surface area contributed by atoms with E-state index in [0.717, 1.165) is 36.2 Å². The van der Waals surface area contributed by atoms with Gasteiger partial charge < -0.3 is 20.5 Å². The third-order valence-electron chi connectivity index (χ3n) is 6.89. The van der Waals surface area contributed by atoms with Gasteiger partial charge in [0.25, 0.3) is 5.91 Å². The second-order valence-electron chi connectivity index (χ2n) is 8.89. The molecule has 2 atom stereocenters. The Morgan fingerprint density at radius 3 is 2.74 bits per heavy atom.